The molecule has 0 aliphatic rings. The van der Waals surface area contributed by atoms with Gasteiger partial charge in [-0.05, 0) is 0 Å². The van der Waals surface area contributed by atoms with Gasteiger partial charge in [0.1, 0.15) is 0 Å². The minimum absolute atomic E-state index is 0.799. The summed E-state index contributed by atoms with van der Waals surface area (Å²) in [6.07, 6.45) is 7.79. The summed E-state index contributed by atoms with van der Waals surface area (Å²) in [4.78, 5) is 0. The first kappa shape index (κ1) is 12.7. The van der Waals surface area contributed by atoms with E-state index in [9.17, 15) is 0 Å². The molecule has 0 unspecified atom stereocenters. The van der Waals surface area contributed by atoms with Gasteiger partial charge < -0.3 is 0 Å². The summed E-state index contributed by atoms with van der Waals surface area (Å²) in [7, 11) is 5.81. The van der Waals surface area contributed by atoms with Crippen molar-refractivity contribution in [3.8, 4) is 0 Å². The molecule has 1 radical (unpaired) electrons. The third-order valence-electron chi connectivity index (χ3n) is 2.63. The molecule has 0 saturated heterocycles. The Morgan fingerprint density at radius 3 is 2.50 bits per heavy atom. The Morgan fingerprint density at radius 2 is 1.88 bits per heavy atom. The van der Waals surface area contributed by atoms with Crippen molar-refractivity contribution in [3.05, 3.63) is 60.7 Å². The SMILES string of the molecule is [B]=C(C=C)Cc1ccccc1CCCC=C. The molecule has 16 heavy (non-hydrogen) atoms. The fourth-order valence-corrected chi connectivity index (χ4v) is 1.70. The van der Waals surface area contributed by atoms with Crippen molar-refractivity contribution >= 4 is 13.0 Å². The number of unbranched alkanes of at least 4 members (excludes halogenated alkanes) is 1. The maximum atomic E-state index is 5.81. The van der Waals surface area contributed by atoms with Crippen LogP contribution in [0.15, 0.2) is 49.6 Å². The zero-order valence-corrected chi connectivity index (χ0v) is 9.78. The van der Waals surface area contributed by atoms with Gasteiger partial charge in [0.05, 0.1) is 0 Å². The summed E-state index contributed by atoms with van der Waals surface area (Å²) in [6.45, 7) is 7.43. The number of hydrogen-bond donors (Lipinski definition) is 0. The van der Waals surface area contributed by atoms with Gasteiger partial charge in [0, 0.05) is 0 Å². The summed E-state index contributed by atoms with van der Waals surface area (Å²) in [5.41, 5.74) is 3.52. The monoisotopic (exact) mass is 209 g/mol. The van der Waals surface area contributed by atoms with Gasteiger partial charge in [-0.25, -0.2) is 0 Å². The number of benzene rings is 1. The van der Waals surface area contributed by atoms with Crippen molar-refractivity contribution in [2.45, 2.75) is 25.7 Å². The van der Waals surface area contributed by atoms with Crippen molar-refractivity contribution in [2.75, 3.05) is 0 Å². The van der Waals surface area contributed by atoms with Crippen molar-refractivity contribution < 1.29 is 0 Å². The summed E-state index contributed by atoms with van der Waals surface area (Å²) in [6, 6.07) is 8.45. The molecule has 0 spiro atoms. The molecule has 0 fully saturated rings. The van der Waals surface area contributed by atoms with Crippen LogP contribution in [0.25, 0.3) is 0 Å². The van der Waals surface area contributed by atoms with Gasteiger partial charge in [0.25, 0.3) is 0 Å². The Hall–Kier alpha value is -1.37. The van der Waals surface area contributed by atoms with Crippen LogP contribution < -0.4 is 0 Å². The van der Waals surface area contributed by atoms with E-state index in [2.05, 4.69) is 37.4 Å². The van der Waals surface area contributed by atoms with Crippen molar-refractivity contribution in [1.29, 1.82) is 0 Å². The van der Waals surface area contributed by atoms with Gasteiger partial charge in [0.15, 0.2) is 0 Å². The Morgan fingerprint density at radius 1 is 1.19 bits per heavy atom. The predicted molar refractivity (Wildman–Crippen MR) is 74.2 cm³/mol. The zero-order valence-electron chi connectivity index (χ0n) is 9.78. The Balaban J connectivity index is 2.70. The van der Waals surface area contributed by atoms with Gasteiger partial charge in [-0.1, -0.05) is 0 Å². The molecule has 1 aromatic carbocycles. The number of allylic oxidation sites excluding steroid dienone is 2. The molecular weight excluding hydrogens is 191 g/mol. The standard InChI is InChI=1S/C15H18B/c1-3-5-6-9-13-10-7-8-11-14(13)12-15(16)4-2/h3-4,7-8,10-11H,1-2,5-6,9,12H2. The molecule has 0 bridgehead atoms. The average Bonchev–Trinajstić information content (AvgIpc) is 2.31. The van der Waals surface area contributed by atoms with Crippen LogP contribution in [0.2, 0.25) is 0 Å². The molecule has 1 aromatic rings. The molecule has 0 amide bonds. The van der Waals surface area contributed by atoms with E-state index in [0.29, 0.717) is 0 Å². The van der Waals surface area contributed by atoms with E-state index in [-0.39, 0.29) is 0 Å². The van der Waals surface area contributed by atoms with Crippen LogP contribution >= 0.6 is 0 Å². The van der Waals surface area contributed by atoms with E-state index in [0.717, 1.165) is 31.1 Å². The van der Waals surface area contributed by atoms with E-state index in [1.54, 1.807) is 6.08 Å². The second kappa shape index (κ2) is 7.00. The number of aryl methyl sites for hydroxylation is 1. The van der Waals surface area contributed by atoms with E-state index < -0.39 is 0 Å². The van der Waals surface area contributed by atoms with Crippen LogP contribution in [-0.4, -0.2) is 13.0 Å². The quantitative estimate of drug-likeness (QED) is 0.367. The van der Waals surface area contributed by atoms with Gasteiger partial charge in [0.2, 0.25) is 0 Å². The normalized spacial score (nSPS) is 9.69. The van der Waals surface area contributed by atoms with Crippen LogP contribution in [0.1, 0.15) is 24.0 Å². The van der Waals surface area contributed by atoms with Gasteiger partial charge in [-0.15, -0.1) is 0 Å². The molecule has 0 atom stereocenters. The van der Waals surface area contributed by atoms with Crippen LogP contribution in [0.3, 0.4) is 0 Å². The first-order valence-electron chi connectivity index (χ1n) is 5.69. The first-order valence-corrected chi connectivity index (χ1v) is 5.69. The first-order chi connectivity index (χ1) is 7.77. The Kier molecular flexibility index (Phi) is 5.56. The van der Waals surface area contributed by atoms with Gasteiger partial charge in [-0.2, -0.15) is 0 Å². The zero-order chi connectivity index (χ0) is 11.8. The number of rotatable bonds is 7. The summed E-state index contributed by atoms with van der Waals surface area (Å²) in [5.74, 6) is 0. The van der Waals surface area contributed by atoms with E-state index in [4.69, 9.17) is 7.49 Å². The van der Waals surface area contributed by atoms with Gasteiger partial charge in [-0.3, -0.25) is 0 Å². The number of hydrogen-bond acceptors (Lipinski definition) is 0. The van der Waals surface area contributed by atoms with Crippen molar-refractivity contribution in [1.82, 2.24) is 0 Å². The molecule has 0 aliphatic carbocycles. The van der Waals surface area contributed by atoms with Crippen molar-refractivity contribution in [3.63, 3.8) is 0 Å². The molecule has 0 saturated carbocycles. The van der Waals surface area contributed by atoms with E-state index in [1.165, 1.54) is 11.1 Å². The summed E-state index contributed by atoms with van der Waals surface area (Å²) < 4.78 is 0. The molecular formula is C15H18B. The molecule has 0 nitrogen and oxygen atoms in total. The van der Waals surface area contributed by atoms with Crippen LogP contribution in [0.4, 0.5) is 0 Å². The fourth-order valence-electron chi connectivity index (χ4n) is 1.70. The maximum absolute atomic E-state index is 5.81. The molecule has 0 aromatic heterocycles. The summed E-state index contributed by atoms with van der Waals surface area (Å²) in [5, 5.41) is 0. The predicted octanol–water partition coefficient (Wildman–Crippen LogP) is 3.26. The molecule has 0 aliphatic heterocycles. The van der Waals surface area contributed by atoms with E-state index in [1.807, 2.05) is 6.08 Å². The third-order valence-corrected chi connectivity index (χ3v) is 2.63. The average molecular weight is 209 g/mol. The van der Waals surface area contributed by atoms with Crippen molar-refractivity contribution in [2.24, 2.45) is 0 Å². The second-order valence-corrected chi connectivity index (χ2v) is 3.91. The molecule has 0 N–H and O–H groups in total. The Labute approximate surface area is 99.8 Å². The fraction of sp³-hybridized carbons (Fsp3) is 0.267. The summed E-state index contributed by atoms with van der Waals surface area (Å²) >= 11 is 0. The Bertz CT molecular complexity index is 377. The van der Waals surface area contributed by atoms with Crippen LogP contribution in [-0.2, 0) is 12.8 Å². The van der Waals surface area contributed by atoms with E-state index >= 15 is 0 Å². The molecule has 81 valence electrons. The van der Waals surface area contributed by atoms with Gasteiger partial charge >= 0.3 is 99.3 Å². The minimum atomic E-state index is 0.799. The molecule has 0 heterocycles. The van der Waals surface area contributed by atoms with Crippen LogP contribution in [0, 0.1) is 0 Å². The molecule has 1 heteroatoms. The third kappa shape index (κ3) is 4.02. The topological polar surface area (TPSA) is 0 Å². The van der Waals surface area contributed by atoms with Crippen LogP contribution in [0.5, 0.6) is 0 Å². The molecule has 1 rings (SSSR count). The second-order valence-electron chi connectivity index (χ2n) is 3.91.